The molecule has 0 spiro atoms. The maximum atomic E-state index is 12.5. The predicted octanol–water partition coefficient (Wildman–Crippen LogP) is 2.83. The molecule has 1 heterocycles. The van der Waals surface area contributed by atoms with Gasteiger partial charge in [0.05, 0.1) is 31.7 Å². The second-order valence-electron chi connectivity index (χ2n) is 3.76. The smallest absolute Gasteiger partial charge is 0.491 e. The molecule has 118 valence electrons. The fourth-order valence-electron chi connectivity index (χ4n) is 1.56. The highest BCUT2D eigenvalue weighted by Gasteiger charge is 2.34. The van der Waals surface area contributed by atoms with E-state index in [-0.39, 0.29) is 35.9 Å². The summed E-state index contributed by atoms with van der Waals surface area (Å²) in [4.78, 5) is 15.3. The van der Waals surface area contributed by atoms with Gasteiger partial charge in [0, 0.05) is 11.8 Å². The van der Waals surface area contributed by atoms with E-state index in [1.165, 1.54) is 0 Å². The Balaban J connectivity index is 3.22. The molecule has 9 heteroatoms. The van der Waals surface area contributed by atoms with Crippen molar-refractivity contribution in [2.75, 3.05) is 13.7 Å². The number of ether oxygens (including phenoxy) is 3. The monoisotopic (exact) mass is 327 g/mol. The SMILES string of the molecule is CCOC(=O)Cc1ncc(CCl)c(OC(F)(F)F)c1OC. The topological polar surface area (TPSA) is 57.7 Å². The molecule has 0 saturated carbocycles. The normalized spacial score (nSPS) is 11.1. The van der Waals surface area contributed by atoms with Gasteiger partial charge in [-0.1, -0.05) is 0 Å². The lowest BCUT2D eigenvalue weighted by Crippen LogP contribution is -2.20. The van der Waals surface area contributed by atoms with Crippen molar-refractivity contribution < 1.29 is 32.2 Å². The second-order valence-corrected chi connectivity index (χ2v) is 4.02. The number of carbonyl (C=O) groups is 1. The molecule has 1 aromatic rings. The van der Waals surface area contributed by atoms with Crippen molar-refractivity contribution in [3.63, 3.8) is 0 Å². The number of carbonyl (C=O) groups excluding carboxylic acids is 1. The molecule has 0 aliphatic heterocycles. The van der Waals surface area contributed by atoms with Crippen molar-refractivity contribution in [2.24, 2.45) is 0 Å². The Labute approximate surface area is 124 Å². The largest absolute Gasteiger partial charge is 0.573 e. The average Bonchev–Trinajstić information content (AvgIpc) is 2.37. The molecule has 1 rings (SSSR count). The van der Waals surface area contributed by atoms with Crippen LogP contribution in [0.25, 0.3) is 0 Å². The second kappa shape index (κ2) is 7.35. The van der Waals surface area contributed by atoms with E-state index in [0.29, 0.717) is 0 Å². The molecule has 0 aromatic carbocycles. The Kier molecular flexibility index (Phi) is 6.07. The molecular formula is C12H13ClF3NO4. The number of aromatic nitrogens is 1. The third-order valence-electron chi connectivity index (χ3n) is 2.32. The van der Waals surface area contributed by atoms with E-state index in [0.717, 1.165) is 13.3 Å². The zero-order valence-corrected chi connectivity index (χ0v) is 12.0. The summed E-state index contributed by atoms with van der Waals surface area (Å²) in [5.74, 6) is -1.79. The molecule has 0 radical (unpaired) electrons. The number of halogens is 4. The van der Waals surface area contributed by atoms with Crippen molar-refractivity contribution in [2.45, 2.75) is 25.6 Å². The van der Waals surface area contributed by atoms with Gasteiger partial charge in [-0.15, -0.1) is 24.8 Å². The van der Waals surface area contributed by atoms with Gasteiger partial charge in [0.1, 0.15) is 0 Å². The molecule has 21 heavy (non-hydrogen) atoms. The van der Waals surface area contributed by atoms with Crippen LogP contribution in [0.15, 0.2) is 6.20 Å². The lowest BCUT2D eigenvalue weighted by atomic mass is 10.2. The minimum absolute atomic E-state index is 0.00143. The van der Waals surface area contributed by atoms with Crippen molar-refractivity contribution in [1.82, 2.24) is 4.98 Å². The molecule has 0 saturated heterocycles. The Bertz CT molecular complexity index is 508. The number of alkyl halides is 4. The highest BCUT2D eigenvalue weighted by atomic mass is 35.5. The van der Waals surface area contributed by atoms with E-state index in [4.69, 9.17) is 21.1 Å². The lowest BCUT2D eigenvalue weighted by Gasteiger charge is -2.17. The van der Waals surface area contributed by atoms with Gasteiger partial charge in [0.2, 0.25) is 0 Å². The van der Waals surface area contributed by atoms with Gasteiger partial charge in [-0.25, -0.2) is 0 Å². The molecule has 0 N–H and O–H groups in total. The molecule has 5 nitrogen and oxygen atoms in total. The first-order chi connectivity index (χ1) is 9.82. The molecule has 0 atom stereocenters. The molecule has 0 fully saturated rings. The van der Waals surface area contributed by atoms with Crippen LogP contribution >= 0.6 is 11.6 Å². The molecule has 0 amide bonds. The molecule has 0 unspecified atom stereocenters. The van der Waals surface area contributed by atoms with E-state index in [1.807, 2.05) is 0 Å². The summed E-state index contributed by atoms with van der Waals surface area (Å²) in [7, 11) is 1.15. The van der Waals surface area contributed by atoms with Crippen molar-refractivity contribution >= 4 is 17.6 Å². The summed E-state index contributed by atoms with van der Waals surface area (Å²) in [5, 5.41) is 0. The Morgan fingerprint density at radius 3 is 2.52 bits per heavy atom. The minimum Gasteiger partial charge on any atom is -0.491 e. The van der Waals surface area contributed by atoms with Crippen LogP contribution in [0.5, 0.6) is 11.5 Å². The van der Waals surface area contributed by atoms with Crippen molar-refractivity contribution in [1.29, 1.82) is 0 Å². The average molecular weight is 328 g/mol. The van der Waals surface area contributed by atoms with E-state index < -0.39 is 18.1 Å². The summed E-state index contributed by atoms with van der Waals surface area (Å²) in [6, 6.07) is 0. The van der Waals surface area contributed by atoms with Gasteiger partial charge >= 0.3 is 12.3 Å². The molecule has 1 aromatic heterocycles. The minimum atomic E-state index is -4.92. The number of hydrogen-bond donors (Lipinski definition) is 0. The van der Waals surface area contributed by atoms with E-state index >= 15 is 0 Å². The van der Waals surface area contributed by atoms with Gasteiger partial charge in [-0.3, -0.25) is 9.78 Å². The molecular weight excluding hydrogens is 315 g/mol. The van der Waals surface area contributed by atoms with Crippen LogP contribution in [0.3, 0.4) is 0 Å². The van der Waals surface area contributed by atoms with Crippen molar-refractivity contribution in [3.05, 3.63) is 17.5 Å². The number of hydrogen-bond acceptors (Lipinski definition) is 5. The van der Waals surface area contributed by atoms with E-state index in [9.17, 15) is 18.0 Å². The van der Waals surface area contributed by atoms with E-state index in [2.05, 4.69) is 9.72 Å². The summed E-state index contributed by atoms with van der Waals surface area (Å²) < 4.78 is 50.9. The quantitative estimate of drug-likeness (QED) is 0.594. The standard InChI is InChI=1S/C12H13ClF3NO4/c1-3-20-9(18)4-8-11(19-2)10(21-12(14,15)16)7(5-13)6-17-8/h6H,3-5H2,1-2H3. The van der Waals surface area contributed by atoms with Crippen LogP contribution in [0.2, 0.25) is 0 Å². The summed E-state index contributed by atoms with van der Waals surface area (Å²) in [6.07, 6.45) is -4.16. The highest BCUT2D eigenvalue weighted by molar-refractivity contribution is 6.17. The Morgan fingerprint density at radius 1 is 1.38 bits per heavy atom. The zero-order valence-electron chi connectivity index (χ0n) is 11.3. The van der Waals surface area contributed by atoms with Gasteiger partial charge in [0.15, 0.2) is 11.5 Å². The van der Waals surface area contributed by atoms with E-state index in [1.54, 1.807) is 6.92 Å². The number of nitrogens with zero attached hydrogens (tertiary/aromatic N) is 1. The third-order valence-corrected chi connectivity index (χ3v) is 2.61. The highest BCUT2D eigenvalue weighted by Crippen LogP contribution is 2.38. The molecule has 0 aliphatic rings. The van der Waals surface area contributed by atoms with Gasteiger partial charge in [-0.05, 0) is 6.92 Å². The van der Waals surface area contributed by atoms with Crippen LogP contribution in [0.1, 0.15) is 18.2 Å². The summed E-state index contributed by atoms with van der Waals surface area (Å²) >= 11 is 5.56. The maximum absolute atomic E-state index is 12.5. The number of pyridine rings is 1. The van der Waals surface area contributed by atoms with Crippen LogP contribution < -0.4 is 9.47 Å². The third kappa shape index (κ3) is 4.96. The number of esters is 1. The first kappa shape index (κ1) is 17.4. The van der Waals surface area contributed by atoms with Crippen LogP contribution in [-0.4, -0.2) is 31.0 Å². The van der Waals surface area contributed by atoms with Gasteiger partial charge in [-0.2, -0.15) is 0 Å². The molecule has 0 aliphatic carbocycles. The van der Waals surface area contributed by atoms with Crippen LogP contribution in [0, 0.1) is 0 Å². The van der Waals surface area contributed by atoms with Crippen LogP contribution in [0.4, 0.5) is 13.2 Å². The van der Waals surface area contributed by atoms with Crippen molar-refractivity contribution in [3.8, 4) is 11.5 Å². The first-order valence-corrected chi connectivity index (χ1v) is 6.37. The maximum Gasteiger partial charge on any atom is 0.573 e. The van der Waals surface area contributed by atoms with Gasteiger partial charge in [0.25, 0.3) is 0 Å². The summed E-state index contributed by atoms with van der Waals surface area (Å²) in [5.41, 5.74) is -0.0254. The fourth-order valence-corrected chi connectivity index (χ4v) is 1.75. The lowest BCUT2D eigenvalue weighted by molar-refractivity contribution is -0.275. The zero-order chi connectivity index (χ0) is 16.0. The fraction of sp³-hybridized carbons (Fsp3) is 0.500. The first-order valence-electron chi connectivity index (χ1n) is 5.84. The summed E-state index contributed by atoms with van der Waals surface area (Å²) in [6.45, 7) is 1.75. The number of methoxy groups -OCH3 is 1. The van der Waals surface area contributed by atoms with Crippen LogP contribution in [-0.2, 0) is 21.8 Å². The Morgan fingerprint density at radius 2 is 2.05 bits per heavy atom. The Hall–Kier alpha value is -1.70. The van der Waals surface area contributed by atoms with Gasteiger partial charge < -0.3 is 14.2 Å². The molecule has 0 bridgehead atoms. The number of rotatable bonds is 6. The predicted molar refractivity (Wildman–Crippen MR) is 67.4 cm³/mol.